The van der Waals surface area contributed by atoms with Gasteiger partial charge >= 0.3 is 0 Å². The fourth-order valence-corrected chi connectivity index (χ4v) is 0.601. The van der Waals surface area contributed by atoms with Crippen LogP contribution in [-0.4, -0.2) is 25.5 Å². The second-order valence-electron chi connectivity index (χ2n) is 1.71. The van der Waals surface area contributed by atoms with Gasteiger partial charge < -0.3 is 9.47 Å². The SMILES string of the molecule is O=CC1OCCC(F)O1. The first-order valence-electron chi connectivity index (χ1n) is 2.69. The van der Waals surface area contributed by atoms with Crippen molar-refractivity contribution in [1.82, 2.24) is 0 Å². The molecule has 0 aliphatic carbocycles. The van der Waals surface area contributed by atoms with Crippen LogP contribution in [0.5, 0.6) is 0 Å². The Bertz CT molecular complexity index is 106. The molecule has 2 unspecified atom stereocenters. The van der Waals surface area contributed by atoms with Crippen LogP contribution in [0.4, 0.5) is 4.39 Å². The average Bonchev–Trinajstić information content (AvgIpc) is 1.88. The Morgan fingerprint density at radius 1 is 1.67 bits per heavy atom. The van der Waals surface area contributed by atoms with Gasteiger partial charge in [-0.3, -0.25) is 4.79 Å². The Kier molecular flexibility index (Phi) is 2.13. The molecular weight excluding hydrogens is 127 g/mol. The number of hydrogen-bond donors (Lipinski definition) is 0. The van der Waals surface area contributed by atoms with E-state index in [1.807, 2.05) is 0 Å². The van der Waals surface area contributed by atoms with Crippen LogP contribution in [0, 0.1) is 0 Å². The number of ether oxygens (including phenoxy) is 2. The molecule has 9 heavy (non-hydrogen) atoms. The first-order chi connectivity index (χ1) is 4.33. The van der Waals surface area contributed by atoms with E-state index in [0.29, 0.717) is 6.29 Å². The molecule has 0 aromatic heterocycles. The minimum absolute atomic E-state index is 0.213. The van der Waals surface area contributed by atoms with E-state index < -0.39 is 12.6 Å². The summed E-state index contributed by atoms with van der Waals surface area (Å²) in [5.74, 6) is 0. The predicted octanol–water partition coefficient (Wildman–Crippen LogP) is 0.244. The Morgan fingerprint density at radius 3 is 2.89 bits per heavy atom. The van der Waals surface area contributed by atoms with Crippen molar-refractivity contribution in [1.29, 1.82) is 0 Å². The molecule has 1 aliphatic heterocycles. The highest BCUT2D eigenvalue weighted by molar-refractivity contribution is 5.53. The van der Waals surface area contributed by atoms with Gasteiger partial charge in [0.15, 0.2) is 6.29 Å². The molecule has 0 N–H and O–H groups in total. The first-order valence-corrected chi connectivity index (χ1v) is 2.69. The lowest BCUT2D eigenvalue weighted by molar-refractivity contribution is -0.231. The maximum atomic E-state index is 12.2. The first kappa shape index (κ1) is 6.64. The summed E-state index contributed by atoms with van der Waals surface area (Å²) < 4.78 is 21.2. The van der Waals surface area contributed by atoms with Gasteiger partial charge in [-0.1, -0.05) is 0 Å². The maximum absolute atomic E-state index is 12.2. The van der Waals surface area contributed by atoms with Crippen LogP contribution in [0.25, 0.3) is 0 Å². The Morgan fingerprint density at radius 2 is 2.44 bits per heavy atom. The number of carbonyl (C=O) groups excluding carboxylic acids is 1. The maximum Gasteiger partial charge on any atom is 0.217 e. The third kappa shape index (κ3) is 1.73. The molecule has 0 aromatic carbocycles. The topological polar surface area (TPSA) is 35.5 Å². The second kappa shape index (κ2) is 2.89. The Balaban J connectivity index is 2.31. The molecule has 0 saturated carbocycles. The zero-order valence-corrected chi connectivity index (χ0v) is 4.75. The van der Waals surface area contributed by atoms with E-state index in [0.717, 1.165) is 0 Å². The number of aldehydes is 1. The van der Waals surface area contributed by atoms with Crippen LogP contribution in [0.15, 0.2) is 0 Å². The van der Waals surface area contributed by atoms with Crippen molar-refractivity contribution in [2.75, 3.05) is 6.61 Å². The number of halogens is 1. The van der Waals surface area contributed by atoms with Gasteiger partial charge in [0.2, 0.25) is 12.6 Å². The molecule has 1 fully saturated rings. The molecule has 0 spiro atoms. The van der Waals surface area contributed by atoms with Crippen LogP contribution in [0.2, 0.25) is 0 Å². The number of alkyl halides is 1. The van der Waals surface area contributed by atoms with Crippen molar-refractivity contribution < 1.29 is 18.7 Å². The molecule has 0 radical (unpaired) electrons. The summed E-state index contributed by atoms with van der Waals surface area (Å²) in [6.07, 6.45) is -1.68. The van der Waals surface area contributed by atoms with Gasteiger partial charge in [-0.2, -0.15) is 0 Å². The minimum atomic E-state index is -1.34. The van der Waals surface area contributed by atoms with Gasteiger partial charge in [0, 0.05) is 6.42 Å². The summed E-state index contributed by atoms with van der Waals surface area (Å²) in [5, 5.41) is 0. The summed E-state index contributed by atoms with van der Waals surface area (Å²) >= 11 is 0. The smallest absolute Gasteiger partial charge is 0.217 e. The highest BCUT2D eigenvalue weighted by Crippen LogP contribution is 2.10. The number of rotatable bonds is 1. The van der Waals surface area contributed by atoms with Crippen molar-refractivity contribution in [3.05, 3.63) is 0 Å². The Hall–Kier alpha value is -0.480. The van der Waals surface area contributed by atoms with E-state index in [1.54, 1.807) is 0 Å². The lowest BCUT2D eigenvalue weighted by Gasteiger charge is -2.21. The van der Waals surface area contributed by atoms with Crippen LogP contribution >= 0.6 is 0 Å². The van der Waals surface area contributed by atoms with E-state index >= 15 is 0 Å². The molecule has 0 bridgehead atoms. The zero-order chi connectivity index (χ0) is 6.69. The average molecular weight is 134 g/mol. The summed E-state index contributed by atoms with van der Waals surface area (Å²) in [6.45, 7) is 0.255. The van der Waals surface area contributed by atoms with Gasteiger partial charge in [0.1, 0.15) is 0 Å². The molecule has 2 atom stereocenters. The van der Waals surface area contributed by atoms with Gasteiger partial charge in [-0.05, 0) is 0 Å². The largest absolute Gasteiger partial charge is 0.346 e. The van der Waals surface area contributed by atoms with Crippen molar-refractivity contribution in [3.8, 4) is 0 Å². The van der Waals surface area contributed by atoms with Gasteiger partial charge in [-0.15, -0.1) is 0 Å². The summed E-state index contributed by atoms with van der Waals surface area (Å²) in [7, 11) is 0. The molecule has 3 nitrogen and oxygen atoms in total. The molecule has 1 heterocycles. The fourth-order valence-electron chi connectivity index (χ4n) is 0.601. The standard InChI is InChI=1S/C5H7FO3/c6-4-1-2-8-5(3-7)9-4/h3-5H,1-2H2. The van der Waals surface area contributed by atoms with Crippen LogP contribution in [0.3, 0.4) is 0 Å². The van der Waals surface area contributed by atoms with E-state index in [4.69, 9.17) is 0 Å². The number of carbonyl (C=O) groups is 1. The van der Waals surface area contributed by atoms with Crippen LogP contribution in [0.1, 0.15) is 6.42 Å². The lowest BCUT2D eigenvalue weighted by atomic mass is 10.4. The zero-order valence-electron chi connectivity index (χ0n) is 4.75. The van der Waals surface area contributed by atoms with E-state index in [1.165, 1.54) is 0 Å². The van der Waals surface area contributed by atoms with Gasteiger partial charge in [0.25, 0.3) is 0 Å². The second-order valence-corrected chi connectivity index (χ2v) is 1.71. The summed E-state index contributed by atoms with van der Waals surface area (Å²) in [6, 6.07) is 0. The fraction of sp³-hybridized carbons (Fsp3) is 0.800. The van der Waals surface area contributed by atoms with E-state index in [-0.39, 0.29) is 13.0 Å². The van der Waals surface area contributed by atoms with Crippen molar-refractivity contribution in [3.63, 3.8) is 0 Å². The molecule has 0 aromatic rings. The van der Waals surface area contributed by atoms with Gasteiger partial charge in [0.05, 0.1) is 6.61 Å². The molecular formula is C5H7FO3. The van der Waals surface area contributed by atoms with E-state index in [9.17, 15) is 9.18 Å². The van der Waals surface area contributed by atoms with Crippen LogP contribution < -0.4 is 0 Å². The predicted molar refractivity (Wildman–Crippen MR) is 26.4 cm³/mol. The summed E-state index contributed by atoms with van der Waals surface area (Å²) in [4.78, 5) is 9.89. The molecule has 1 rings (SSSR count). The van der Waals surface area contributed by atoms with Crippen molar-refractivity contribution in [2.45, 2.75) is 19.1 Å². The number of hydrogen-bond acceptors (Lipinski definition) is 3. The molecule has 1 saturated heterocycles. The van der Waals surface area contributed by atoms with E-state index in [2.05, 4.69) is 9.47 Å². The molecule has 1 aliphatic rings. The minimum Gasteiger partial charge on any atom is -0.346 e. The van der Waals surface area contributed by atoms with Gasteiger partial charge in [-0.25, -0.2) is 4.39 Å². The van der Waals surface area contributed by atoms with Crippen molar-refractivity contribution >= 4 is 6.29 Å². The quantitative estimate of drug-likeness (QED) is 0.482. The van der Waals surface area contributed by atoms with Crippen molar-refractivity contribution in [2.24, 2.45) is 0 Å². The highest BCUT2D eigenvalue weighted by Gasteiger charge is 2.20. The molecule has 52 valence electrons. The monoisotopic (exact) mass is 134 g/mol. The van der Waals surface area contributed by atoms with Crippen LogP contribution in [-0.2, 0) is 14.3 Å². The normalized spacial score (nSPS) is 36.1. The summed E-state index contributed by atoms with van der Waals surface area (Å²) in [5.41, 5.74) is 0. The molecule has 4 heteroatoms. The lowest BCUT2D eigenvalue weighted by Crippen LogP contribution is -2.30. The molecule has 0 amide bonds. The highest BCUT2D eigenvalue weighted by atomic mass is 19.1. The Labute approximate surface area is 51.7 Å². The third-order valence-electron chi connectivity index (χ3n) is 1.02. The third-order valence-corrected chi connectivity index (χ3v) is 1.02.